The van der Waals surface area contributed by atoms with Gasteiger partial charge in [-0.25, -0.2) is 0 Å². The van der Waals surface area contributed by atoms with E-state index in [0.717, 1.165) is 34.1 Å². The number of carbonyl (C=O) groups is 1. The van der Waals surface area contributed by atoms with Crippen molar-refractivity contribution < 1.29 is 36.9 Å². The van der Waals surface area contributed by atoms with Gasteiger partial charge in [0.1, 0.15) is 17.2 Å². The Morgan fingerprint density at radius 2 is 1.52 bits per heavy atom. The van der Waals surface area contributed by atoms with E-state index in [2.05, 4.69) is 9.12 Å². The average molecular weight is 505 g/mol. The van der Waals surface area contributed by atoms with Gasteiger partial charge in [0.25, 0.3) is 5.91 Å². The molecule has 0 aliphatic heterocycles. The molecule has 1 unspecified atom stereocenters. The largest absolute Gasteiger partial charge is 0.481 e. The lowest BCUT2D eigenvalue weighted by Gasteiger charge is -2.14. The number of hydrogen-bond acceptors (Lipinski definition) is 8. The van der Waals surface area contributed by atoms with Crippen LogP contribution in [0.1, 0.15) is 26.3 Å². The van der Waals surface area contributed by atoms with E-state index in [0.29, 0.717) is 11.5 Å². The molecule has 0 saturated heterocycles. The fourth-order valence-corrected chi connectivity index (χ4v) is 3.35. The van der Waals surface area contributed by atoms with Gasteiger partial charge in [-0.05, 0) is 69.3 Å². The smallest absolute Gasteiger partial charge is 0.416 e. The summed E-state index contributed by atoms with van der Waals surface area (Å²) >= 11 is 0. The lowest BCUT2D eigenvalue weighted by molar-refractivity contribution is -0.137. The van der Waals surface area contributed by atoms with Gasteiger partial charge in [-0.15, -0.1) is 4.40 Å². The van der Waals surface area contributed by atoms with Gasteiger partial charge in [0.2, 0.25) is 0 Å². The summed E-state index contributed by atoms with van der Waals surface area (Å²) in [6.07, 6.45) is -5.19. The minimum atomic E-state index is -4.40. The first-order valence-electron chi connectivity index (χ1n) is 9.61. The molecule has 2 rings (SSSR count). The number of hydrogen-bond donors (Lipinski definition) is 1. The molecule has 0 fully saturated rings. The van der Waals surface area contributed by atoms with Crippen LogP contribution in [0.25, 0.3) is 0 Å². The molecule has 0 aliphatic rings. The predicted molar refractivity (Wildman–Crippen MR) is 122 cm³/mol. The fraction of sp³-hybridized carbons (Fsp3) is 0.333. The molecule has 0 spiro atoms. The van der Waals surface area contributed by atoms with E-state index in [1.807, 2.05) is 13.8 Å². The highest BCUT2D eigenvalue weighted by Gasteiger charge is 2.30. The zero-order valence-corrected chi connectivity index (χ0v) is 19.8. The van der Waals surface area contributed by atoms with Crippen LogP contribution < -0.4 is 14.2 Å². The Morgan fingerprint density at radius 1 is 0.970 bits per heavy atom. The summed E-state index contributed by atoms with van der Waals surface area (Å²) in [4.78, 5) is 12.2. The van der Waals surface area contributed by atoms with E-state index in [-0.39, 0.29) is 23.8 Å². The van der Waals surface area contributed by atoms with Crippen molar-refractivity contribution in [2.75, 3.05) is 7.11 Å². The third kappa shape index (κ3) is 9.34. The van der Waals surface area contributed by atoms with Gasteiger partial charge in [-0.1, -0.05) is 0 Å². The Bertz CT molecular complexity index is 923. The van der Waals surface area contributed by atoms with Crippen molar-refractivity contribution >= 4 is 34.0 Å². The Hall–Kier alpha value is -2.73. The van der Waals surface area contributed by atoms with Crippen LogP contribution in [-0.4, -0.2) is 31.3 Å². The van der Waals surface area contributed by atoms with E-state index in [9.17, 15) is 18.0 Å². The third-order valence-electron chi connectivity index (χ3n) is 3.73. The van der Waals surface area contributed by atoms with Crippen LogP contribution in [0.5, 0.6) is 17.2 Å². The molecular weight excluding hydrogens is 481 g/mol. The number of methoxy groups -OCH3 is 1. The van der Waals surface area contributed by atoms with Gasteiger partial charge in [0.05, 0.1) is 29.8 Å². The maximum Gasteiger partial charge on any atom is 0.416 e. The first-order valence-corrected chi connectivity index (χ1v) is 11.7. The number of benzene rings is 2. The van der Waals surface area contributed by atoms with Crippen LogP contribution >= 0.6 is 22.0 Å². The van der Waals surface area contributed by atoms with Crippen LogP contribution in [0.2, 0.25) is 0 Å². The summed E-state index contributed by atoms with van der Waals surface area (Å²) in [6.45, 7) is 5.25. The lowest BCUT2D eigenvalue weighted by atomic mass is 10.2. The molecule has 0 bridgehead atoms. The SMILES string of the molecule is COC(=NSSNC(=O)C(C)Oc1ccc(Oc2ccc(C(F)(F)F)cc2)cc1)OC(C)C. The van der Waals surface area contributed by atoms with Crippen LogP contribution in [0.3, 0.4) is 0 Å². The van der Waals surface area contributed by atoms with Gasteiger partial charge >= 0.3 is 12.3 Å². The number of amides is 1. The molecular formula is C21H23F3N2O5S2. The zero-order valence-electron chi connectivity index (χ0n) is 18.2. The van der Waals surface area contributed by atoms with Gasteiger partial charge in [0.15, 0.2) is 6.10 Å². The van der Waals surface area contributed by atoms with Crippen molar-refractivity contribution in [1.29, 1.82) is 0 Å². The number of nitrogens with zero attached hydrogens (tertiary/aromatic N) is 1. The second-order valence-electron chi connectivity index (χ2n) is 6.71. The molecule has 1 atom stereocenters. The molecule has 2 aromatic rings. The van der Waals surface area contributed by atoms with Gasteiger partial charge in [-0.2, -0.15) is 13.2 Å². The number of ether oxygens (including phenoxy) is 4. The fourth-order valence-electron chi connectivity index (χ4n) is 2.19. The van der Waals surface area contributed by atoms with Crippen molar-refractivity contribution in [3.8, 4) is 17.2 Å². The Kier molecular flexibility index (Phi) is 10.0. The van der Waals surface area contributed by atoms with Crippen LogP contribution in [0, 0.1) is 0 Å². The van der Waals surface area contributed by atoms with E-state index >= 15 is 0 Å². The van der Waals surface area contributed by atoms with E-state index in [1.165, 1.54) is 19.2 Å². The summed E-state index contributed by atoms with van der Waals surface area (Å²) in [6, 6.07) is 10.7. The molecule has 180 valence electrons. The summed E-state index contributed by atoms with van der Waals surface area (Å²) < 4.78 is 65.8. The normalized spacial score (nSPS) is 12.8. The number of rotatable bonds is 9. The highest BCUT2D eigenvalue weighted by atomic mass is 33.1. The van der Waals surface area contributed by atoms with Crippen molar-refractivity contribution in [3.63, 3.8) is 0 Å². The van der Waals surface area contributed by atoms with Crippen LogP contribution in [-0.2, 0) is 20.4 Å². The van der Waals surface area contributed by atoms with Crippen LogP contribution in [0.15, 0.2) is 52.9 Å². The van der Waals surface area contributed by atoms with Crippen molar-refractivity contribution in [1.82, 2.24) is 4.72 Å². The summed E-state index contributed by atoms with van der Waals surface area (Å²) in [5, 5.41) is 0. The summed E-state index contributed by atoms with van der Waals surface area (Å²) in [7, 11) is 3.38. The lowest BCUT2D eigenvalue weighted by Crippen LogP contribution is -2.32. The molecule has 12 heteroatoms. The molecule has 0 saturated carbocycles. The zero-order chi connectivity index (χ0) is 24.4. The first kappa shape index (κ1) is 26.5. The molecule has 7 nitrogen and oxygen atoms in total. The highest BCUT2D eigenvalue weighted by molar-refractivity contribution is 8.75. The topological polar surface area (TPSA) is 78.4 Å². The molecule has 0 aliphatic carbocycles. The van der Waals surface area contributed by atoms with Gasteiger partial charge in [-0.3, -0.25) is 9.52 Å². The minimum absolute atomic E-state index is 0.0935. The minimum Gasteiger partial charge on any atom is -0.481 e. The number of halogens is 3. The maximum absolute atomic E-state index is 12.6. The molecule has 1 N–H and O–H groups in total. The molecule has 1 amide bonds. The number of carbonyl (C=O) groups excluding carboxylic acids is 1. The second-order valence-corrected chi connectivity index (χ2v) is 8.36. The van der Waals surface area contributed by atoms with Gasteiger partial charge in [0, 0.05) is 11.0 Å². The summed E-state index contributed by atoms with van der Waals surface area (Å²) in [5.74, 6) is 0.704. The summed E-state index contributed by atoms with van der Waals surface area (Å²) in [5.41, 5.74) is -0.753. The first-order chi connectivity index (χ1) is 15.6. The molecule has 33 heavy (non-hydrogen) atoms. The monoisotopic (exact) mass is 504 g/mol. The van der Waals surface area contributed by atoms with E-state index in [1.54, 1.807) is 31.2 Å². The molecule has 0 aromatic heterocycles. The van der Waals surface area contributed by atoms with E-state index < -0.39 is 17.8 Å². The Labute approximate surface area is 197 Å². The Morgan fingerprint density at radius 3 is 2.03 bits per heavy atom. The second kappa shape index (κ2) is 12.5. The predicted octanol–water partition coefficient (Wildman–Crippen LogP) is 6.02. The van der Waals surface area contributed by atoms with Crippen molar-refractivity contribution in [2.24, 2.45) is 4.40 Å². The van der Waals surface area contributed by atoms with Crippen LogP contribution in [0.4, 0.5) is 13.2 Å². The van der Waals surface area contributed by atoms with Crippen molar-refractivity contribution in [3.05, 3.63) is 54.1 Å². The number of alkyl halides is 3. The quantitative estimate of drug-likeness (QED) is 0.147. The molecule has 0 radical (unpaired) electrons. The Balaban J connectivity index is 1.81. The van der Waals surface area contributed by atoms with Gasteiger partial charge < -0.3 is 18.9 Å². The highest BCUT2D eigenvalue weighted by Crippen LogP contribution is 2.31. The maximum atomic E-state index is 12.6. The van der Waals surface area contributed by atoms with Crippen molar-refractivity contribution in [2.45, 2.75) is 39.2 Å². The average Bonchev–Trinajstić information content (AvgIpc) is 2.76. The third-order valence-corrected chi connectivity index (χ3v) is 5.01. The molecule has 0 heterocycles. The van der Waals surface area contributed by atoms with E-state index in [4.69, 9.17) is 18.9 Å². The number of nitrogens with one attached hydrogen (secondary N) is 1. The molecule has 2 aromatic carbocycles. The standard InChI is InChI=1S/C21H23F3N2O5S2/c1-13(2)29-20(28-4)26-33-32-25-19(27)14(3)30-16-9-11-18(12-10-16)31-17-7-5-15(6-8-17)21(22,23)24/h5-14H,1-4H3,(H,25,27).